The number of nitrogens with one attached hydrogen (secondary N) is 2. The number of aryl methyl sites for hydroxylation is 2. The zero-order chi connectivity index (χ0) is 16.2. The summed E-state index contributed by atoms with van der Waals surface area (Å²) in [5.41, 5.74) is 1.85. The molecule has 0 atom stereocenters. The quantitative estimate of drug-likeness (QED) is 0.645. The average Bonchev–Trinajstić information content (AvgIpc) is 2.31. The zero-order valence-corrected chi connectivity index (χ0v) is 13.2. The fraction of sp³-hybridized carbons (Fsp3) is 0.533. The number of nitro benzene ring substituents is 1. The molecule has 0 spiro atoms. The minimum absolute atomic E-state index is 0.0628. The summed E-state index contributed by atoms with van der Waals surface area (Å²) in [6.45, 7) is 10.2. The van der Waals surface area contributed by atoms with Crippen LogP contribution in [0.1, 0.15) is 38.3 Å². The van der Waals surface area contributed by atoms with Crippen molar-refractivity contribution in [2.24, 2.45) is 0 Å². The first-order chi connectivity index (χ1) is 9.60. The molecular formula is C15H23N3O3. The van der Waals surface area contributed by atoms with Gasteiger partial charge in [-0.25, -0.2) is 0 Å². The van der Waals surface area contributed by atoms with Crippen LogP contribution in [0.4, 0.5) is 11.4 Å². The van der Waals surface area contributed by atoms with Gasteiger partial charge in [0.15, 0.2) is 0 Å². The SMILES string of the molecule is Cc1cc(NC(=O)CCNC(C)(C)C)c([N+](=O)[O-])cc1C. The molecule has 1 rings (SSSR count). The minimum Gasteiger partial charge on any atom is -0.320 e. The van der Waals surface area contributed by atoms with E-state index in [0.717, 1.165) is 11.1 Å². The summed E-state index contributed by atoms with van der Waals surface area (Å²) in [6.07, 6.45) is 0.265. The van der Waals surface area contributed by atoms with Gasteiger partial charge in [-0.15, -0.1) is 0 Å². The van der Waals surface area contributed by atoms with E-state index in [0.29, 0.717) is 6.54 Å². The Hall–Kier alpha value is -1.95. The van der Waals surface area contributed by atoms with Crippen LogP contribution in [0.15, 0.2) is 12.1 Å². The molecule has 6 heteroatoms. The van der Waals surface area contributed by atoms with Crippen molar-refractivity contribution in [1.29, 1.82) is 0 Å². The Morgan fingerprint density at radius 3 is 2.33 bits per heavy atom. The molecule has 0 aliphatic carbocycles. The highest BCUT2D eigenvalue weighted by Crippen LogP contribution is 2.27. The highest BCUT2D eigenvalue weighted by atomic mass is 16.6. The lowest BCUT2D eigenvalue weighted by molar-refractivity contribution is -0.384. The zero-order valence-electron chi connectivity index (χ0n) is 13.2. The van der Waals surface area contributed by atoms with E-state index in [1.807, 2.05) is 27.7 Å². The third-order valence-electron chi connectivity index (χ3n) is 3.09. The van der Waals surface area contributed by atoms with Crippen molar-refractivity contribution in [1.82, 2.24) is 5.32 Å². The molecule has 21 heavy (non-hydrogen) atoms. The van der Waals surface area contributed by atoms with Crippen molar-refractivity contribution < 1.29 is 9.72 Å². The molecule has 2 N–H and O–H groups in total. The van der Waals surface area contributed by atoms with Gasteiger partial charge < -0.3 is 10.6 Å². The van der Waals surface area contributed by atoms with E-state index < -0.39 is 4.92 Å². The molecule has 0 aliphatic rings. The Morgan fingerprint density at radius 1 is 1.24 bits per heavy atom. The van der Waals surface area contributed by atoms with Gasteiger partial charge in [-0.3, -0.25) is 14.9 Å². The maximum Gasteiger partial charge on any atom is 0.293 e. The van der Waals surface area contributed by atoms with Crippen molar-refractivity contribution in [2.45, 2.75) is 46.6 Å². The summed E-state index contributed by atoms with van der Waals surface area (Å²) >= 11 is 0. The summed E-state index contributed by atoms with van der Waals surface area (Å²) in [5.74, 6) is -0.238. The lowest BCUT2D eigenvalue weighted by atomic mass is 10.1. The number of rotatable bonds is 5. The van der Waals surface area contributed by atoms with E-state index in [1.54, 1.807) is 13.0 Å². The summed E-state index contributed by atoms with van der Waals surface area (Å²) in [7, 11) is 0. The molecule has 0 bridgehead atoms. The van der Waals surface area contributed by atoms with Crippen LogP contribution in [-0.2, 0) is 4.79 Å². The average molecular weight is 293 g/mol. The summed E-state index contributed by atoms with van der Waals surface area (Å²) in [6, 6.07) is 3.13. The Kier molecular flexibility index (Phi) is 5.43. The van der Waals surface area contributed by atoms with Gasteiger partial charge in [0.2, 0.25) is 5.91 Å². The molecule has 6 nitrogen and oxygen atoms in total. The van der Waals surface area contributed by atoms with Gasteiger partial charge >= 0.3 is 0 Å². The molecule has 0 heterocycles. The molecule has 0 fully saturated rings. The van der Waals surface area contributed by atoms with Gasteiger partial charge in [-0.1, -0.05) is 0 Å². The summed E-state index contributed by atoms with van der Waals surface area (Å²) in [5, 5.41) is 16.9. The molecule has 116 valence electrons. The molecule has 1 aromatic rings. The van der Waals surface area contributed by atoms with Gasteiger partial charge in [0, 0.05) is 24.6 Å². The van der Waals surface area contributed by atoms with Crippen molar-refractivity contribution >= 4 is 17.3 Å². The lowest BCUT2D eigenvalue weighted by Gasteiger charge is -2.20. The second-order valence-corrected chi connectivity index (χ2v) is 6.19. The molecule has 0 saturated heterocycles. The topological polar surface area (TPSA) is 84.3 Å². The number of amides is 1. The van der Waals surface area contributed by atoms with Crippen LogP contribution in [0.25, 0.3) is 0 Å². The summed E-state index contributed by atoms with van der Waals surface area (Å²) in [4.78, 5) is 22.5. The van der Waals surface area contributed by atoms with Crippen LogP contribution in [0.2, 0.25) is 0 Å². The molecule has 0 aliphatic heterocycles. The summed E-state index contributed by atoms with van der Waals surface area (Å²) < 4.78 is 0. The van der Waals surface area contributed by atoms with Crippen LogP contribution in [-0.4, -0.2) is 22.9 Å². The van der Waals surface area contributed by atoms with E-state index in [1.165, 1.54) is 6.07 Å². The van der Waals surface area contributed by atoms with E-state index in [4.69, 9.17) is 0 Å². The van der Waals surface area contributed by atoms with Crippen LogP contribution in [0.3, 0.4) is 0 Å². The van der Waals surface area contributed by atoms with E-state index >= 15 is 0 Å². The number of hydrogen-bond donors (Lipinski definition) is 2. The lowest BCUT2D eigenvalue weighted by Crippen LogP contribution is -2.37. The normalized spacial score (nSPS) is 11.3. The third-order valence-corrected chi connectivity index (χ3v) is 3.09. The highest BCUT2D eigenvalue weighted by molar-refractivity contribution is 5.93. The minimum atomic E-state index is -0.477. The first-order valence-corrected chi connectivity index (χ1v) is 6.90. The van der Waals surface area contributed by atoms with Crippen molar-refractivity contribution in [2.75, 3.05) is 11.9 Å². The molecule has 0 unspecified atom stereocenters. The van der Waals surface area contributed by atoms with Gasteiger partial charge in [0.1, 0.15) is 5.69 Å². The van der Waals surface area contributed by atoms with Gasteiger partial charge in [-0.05, 0) is 51.8 Å². The largest absolute Gasteiger partial charge is 0.320 e. The molecule has 0 aromatic heterocycles. The second-order valence-electron chi connectivity index (χ2n) is 6.19. The first-order valence-electron chi connectivity index (χ1n) is 6.90. The molecular weight excluding hydrogens is 270 g/mol. The van der Waals surface area contributed by atoms with E-state index in [-0.39, 0.29) is 29.2 Å². The molecule has 0 radical (unpaired) electrons. The number of benzene rings is 1. The predicted molar refractivity (Wildman–Crippen MR) is 83.6 cm³/mol. The van der Waals surface area contributed by atoms with Crippen molar-refractivity contribution in [3.8, 4) is 0 Å². The van der Waals surface area contributed by atoms with Crippen LogP contribution in [0.5, 0.6) is 0 Å². The van der Waals surface area contributed by atoms with Gasteiger partial charge in [0.05, 0.1) is 4.92 Å². The predicted octanol–water partition coefficient (Wildman–Crippen LogP) is 2.93. The maximum atomic E-state index is 11.9. The van der Waals surface area contributed by atoms with E-state index in [2.05, 4.69) is 10.6 Å². The van der Waals surface area contributed by atoms with Crippen LogP contribution < -0.4 is 10.6 Å². The molecule has 1 aromatic carbocycles. The monoisotopic (exact) mass is 293 g/mol. The van der Waals surface area contributed by atoms with Crippen molar-refractivity contribution in [3.63, 3.8) is 0 Å². The first kappa shape index (κ1) is 17.1. The van der Waals surface area contributed by atoms with Gasteiger partial charge in [0.25, 0.3) is 5.69 Å². The number of hydrogen-bond acceptors (Lipinski definition) is 4. The van der Waals surface area contributed by atoms with Gasteiger partial charge in [-0.2, -0.15) is 0 Å². The van der Waals surface area contributed by atoms with Crippen LogP contribution in [0, 0.1) is 24.0 Å². The Balaban J connectivity index is 2.76. The molecule has 1 amide bonds. The highest BCUT2D eigenvalue weighted by Gasteiger charge is 2.17. The van der Waals surface area contributed by atoms with Crippen molar-refractivity contribution in [3.05, 3.63) is 33.4 Å². The Morgan fingerprint density at radius 2 is 1.81 bits per heavy atom. The number of anilines is 1. The smallest absolute Gasteiger partial charge is 0.293 e. The fourth-order valence-electron chi connectivity index (χ4n) is 1.82. The maximum absolute atomic E-state index is 11.9. The Bertz CT molecular complexity index is 548. The van der Waals surface area contributed by atoms with E-state index in [9.17, 15) is 14.9 Å². The Labute approximate surface area is 125 Å². The standard InChI is InChI=1S/C15H23N3O3/c1-10-8-12(13(18(20)21)9-11(10)2)17-14(19)6-7-16-15(3,4)5/h8-9,16H,6-7H2,1-5H3,(H,17,19). The number of nitro groups is 1. The second kappa shape index (κ2) is 6.67. The fourth-order valence-corrected chi connectivity index (χ4v) is 1.82. The number of carbonyl (C=O) groups is 1. The van der Waals surface area contributed by atoms with Crippen LogP contribution >= 0.6 is 0 Å². The number of nitrogens with zero attached hydrogens (tertiary/aromatic N) is 1. The number of carbonyl (C=O) groups excluding carboxylic acids is 1. The molecule has 0 saturated carbocycles. The third kappa shape index (κ3) is 5.51.